The van der Waals surface area contributed by atoms with Crippen molar-refractivity contribution in [1.82, 2.24) is 10.6 Å². The molecule has 0 heterocycles. The Hall–Kier alpha value is -3.61. The maximum Gasteiger partial charge on any atom is 0.407 e. The molecule has 2 unspecified atom stereocenters. The Morgan fingerprint density at radius 2 is 1.57 bits per heavy atom. The van der Waals surface area contributed by atoms with Crippen molar-refractivity contribution < 1.29 is 24.2 Å². The summed E-state index contributed by atoms with van der Waals surface area (Å²) in [6, 6.07) is 16.0. The first-order chi connectivity index (χ1) is 17.0. The highest BCUT2D eigenvalue weighted by molar-refractivity contribution is 5.80. The Morgan fingerprint density at radius 1 is 0.886 bits per heavy atom. The lowest BCUT2D eigenvalue weighted by Crippen LogP contribution is -2.43. The van der Waals surface area contributed by atoms with Gasteiger partial charge in [0.25, 0.3) is 0 Å². The molecule has 0 saturated heterocycles. The predicted molar refractivity (Wildman–Crippen MR) is 131 cm³/mol. The van der Waals surface area contributed by atoms with Gasteiger partial charge in [0, 0.05) is 17.9 Å². The van der Waals surface area contributed by atoms with Gasteiger partial charge < -0.3 is 20.5 Å². The summed E-state index contributed by atoms with van der Waals surface area (Å²) < 4.78 is 5.64. The molecule has 1 fully saturated rings. The highest BCUT2D eigenvalue weighted by Crippen LogP contribution is 2.44. The van der Waals surface area contributed by atoms with Gasteiger partial charge in [-0.05, 0) is 54.4 Å². The van der Waals surface area contributed by atoms with E-state index in [0.29, 0.717) is 32.1 Å². The number of amides is 2. The van der Waals surface area contributed by atoms with Crippen molar-refractivity contribution in [3.8, 4) is 11.1 Å². The van der Waals surface area contributed by atoms with E-state index in [2.05, 4.69) is 34.9 Å². The number of carboxylic acids is 1. The van der Waals surface area contributed by atoms with E-state index in [1.165, 1.54) is 11.1 Å². The number of nitrogens with one attached hydrogen (secondary N) is 2. The van der Waals surface area contributed by atoms with Gasteiger partial charge in [-0.2, -0.15) is 0 Å². The number of allylic oxidation sites excluding steroid dienone is 1. The third-order valence-corrected chi connectivity index (χ3v) is 7.47. The van der Waals surface area contributed by atoms with Crippen molar-refractivity contribution in [3.63, 3.8) is 0 Å². The van der Waals surface area contributed by atoms with Gasteiger partial charge in [-0.25, -0.2) is 4.79 Å². The molecule has 2 aromatic carbocycles. The SMILES string of the molecule is O=C(NC1C=CCC(C(=O)N[C@H]2CC[C@@H](C(=O)O)C2)C1)OCC1c2ccccc2-c2ccccc21. The number of carbonyl (C=O) groups excluding carboxylic acids is 2. The molecule has 3 N–H and O–H groups in total. The smallest absolute Gasteiger partial charge is 0.407 e. The second-order valence-electron chi connectivity index (χ2n) is 9.73. The summed E-state index contributed by atoms with van der Waals surface area (Å²) in [5, 5.41) is 15.1. The molecule has 7 nitrogen and oxygen atoms in total. The summed E-state index contributed by atoms with van der Waals surface area (Å²) in [6.07, 6.45) is 6.17. The third-order valence-electron chi connectivity index (χ3n) is 7.47. The van der Waals surface area contributed by atoms with Gasteiger partial charge in [0.05, 0.1) is 12.0 Å². The molecule has 5 rings (SSSR count). The normalized spacial score (nSPS) is 24.9. The first-order valence-corrected chi connectivity index (χ1v) is 12.3. The molecule has 7 heteroatoms. The fraction of sp³-hybridized carbons (Fsp3) is 0.393. The van der Waals surface area contributed by atoms with Crippen LogP contribution in [0.1, 0.15) is 49.1 Å². The maximum absolute atomic E-state index is 12.8. The zero-order valence-electron chi connectivity index (χ0n) is 19.5. The molecule has 0 aliphatic heterocycles. The molecular weight excluding hydrogens is 444 g/mol. The molecule has 35 heavy (non-hydrogen) atoms. The van der Waals surface area contributed by atoms with Crippen LogP contribution in [-0.2, 0) is 14.3 Å². The quantitative estimate of drug-likeness (QED) is 0.544. The van der Waals surface area contributed by atoms with E-state index in [4.69, 9.17) is 9.84 Å². The number of fused-ring (bicyclic) bond motifs is 3. The van der Waals surface area contributed by atoms with Crippen LogP contribution < -0.4 is 10.6 Å². The molecule has 0 aromatic heterocycles. The molecule has 0 spiro atoms. The number of hydrogen-bond donors (Lipinski definition) is 3. The van der Waals surface area contributed by atoms with Crippen LogP contribution in [0.4, 0.5) is 4.79 Å². The topological polar surface area (TPSA) is 105 Å². The van der Waals surface area contributed by atoms with Crippen LogP contribution in [0.25, 0.3) is 11.1 Å². The summed E-state index contributed by atoms with van der Waals surface area (Å²) in [5.74, 6) is -1.52. The van der Waals surface area contributed by atoms with Gasteiger partial charge in [0.15, 0.2) is 0 Å². The van der Waals surface area contributed by atoms with E-state index in [9.17, 15) is 14.4 Å². The third kappa shape index (κ3) is 4.94. The molecule has 2 amide bonds. The van der Waals surface area contributed by atoms with Crippen molar-refractivity contribution in [2.45, 2.75) is 50.1 Å². The number of benzene rings is 2. The number of ether oxygens (including phenoxy) is 1. The summed E-state index contributed by atoms with van der Waals surface area (Å²) in [6.45, 7) is 0.243. The first kappa shape index (κ1) is 23.1. The fourth-order valence-electron chi connectivity index (χ4n) is 5.66. The van der Waals surface area contributed by atoms with E-state index in [0.717, 1.165) is 11.1 Å². The molecule has 182 valence electrons. The minimum Gasteiger partial charge on any atom is -0.481 e. The Balaban J connectivity index is 1.13. The largest absolute Gasteiger partial charge is 0.481 e. The second-order valence-corrected chi connectivity index (χ2v) is 9.73. The average Bonchev–Trinajstić information content (AvgIpc) is 3.46. The monoisotopic (exact) mass is 474 g/mol. The minimum atomic E-state index is -0.797. The van der Waals surface area contributed by atoms with Gasteiger partial charge in [-0.1, -0.05) is 60.7 Å². The van der Waals surface area contributed by atoms with Crippen molar-refractivity contribution in [2.24, 2.45) is 11.8 Å². The standard InChI is InChI=1S/C28H30N2O5/c31-26(29-20-13-12-18(15-20)27(32)33)17-6-5-7-19(14-17)30-28(34)35-16-25-23-10-3-1-8-21(23)22-9-2-4-11-24(22)25/h1-5,7-11,17-20,25H,6,12-16H2,(H,29,31)(H,30,34)(H,32,33)/t17?,18-,19?,20+/m1/s1. The lowest BCUT2D eigenvalue weighted by atomic mass is 9.90. The van der Waals surface area contributed by atoms with Crippen LogP contribution in [0.5, 0.6) is 0 Å². The van der Waals surface area contributed by atoms with E-state index < -0.39 is 12.1 Å². The summed E-state index contributed by atoms with van der Waals surface area (Å²) in [5.41, 5.74) is 4.68. The number of alkyl carbamates (subject to hydrolysis) is 1. The number of carbonyl (C=O) groups is 3. The van der Waals surface area contributed by atoms with Crippen LogP contribution in [0.2, 0.25) is 0 Å². The highest BCUT2D eigenvalue weighted by Gasteiger charge is 2.33. The zero-order chi connectivity index (χ0) is 24.4. The number of rotatable bonds is 6. The van der Waals surface area contributed by atoms with Gasteiger partial charge in [-0.15, -0.1) is 0 Å². The highest BCUT2D eigenvalue weighted by atomic mass is 16.5. The lowest BCUT2D eigenvalue weighted by molar-refractivity contribution is -0.141. The number of aliphatic carboxylic acids is 1. The van der Waals surface area contributed by atoms with E-state index >= 15 is 0 Å². The molecule has 2 aromatic rings. The Labute approximate surface area is 204 Å². The molecule has 4 atom stereocenters. The molecule has 3 aliphatic rings. The van der Waals surface area contributed by atoms with Crippen LogP contribution in [0, 0.1) is 11.8 Å². The molecular formula is C28H30N2O5. The summed E-state index contributed by atoms with van der Waals surface area (Å²) in [7, 11) is 0. The Kier molecular flexibility index (Phi) is 6.57. The van der Waals surface area contributed by atoms with Crippen molar-refractivity contribution in [1.29, 1.82) is 0 Å². The Bertz CT molecular complexity index is 1110. The molecule has 0 bridgehead atoms. The van der Waals surface area contributed by atoms with Gasteiger partial charge >= 0.3 is 12.1 Å². The van der Waals surface area contributed by atoms with E-state index in [1.54, 1.807) is 0 Å². The minimum absolute atomic E-state index is 0.00499. The second kappa shape index (κ2) is 9.94. The maximum atomic E-state index is 12.8. The fourth-order valence-corrected chi connectivity index (χ4v) is 5.66. The average molecular weight is 475 g/mol. The van der Waals surface area contributed by atoms with Crippen LogP contribution in [0.15, 0.2) is 60.7 Å². The van der Waals surface area contributed by atoms with Crippen LogP contribution in [0.3, 0.4) is 0 Å². The van der Waals surface area contributed by atoms with Crippen molar-refractivity contribution in [2.75, 3.05) is 6.61 Å². The molecule has 0 radical (unpaired) electrons. The molecule has 3 aliphatic carbocycles. The lowest BCUT2D eigenvalue weighted by Gasteiger charge is -2.26. The summed E-state index contributed by atoms with van der Waals surface area (Å²) >= 11 is 0. The predicted octanol–water partition coefficient (Wildman–Crippen LogP) is 4.23. The molecule has 1 saturated carbocycles. The Morgan fingerprint density at radius 3 is 2.23 bits per heavy atom. The number of hydrogen-bond acceptors (Lipinski definition) is 4. The van der Waals surface area contributed by atoms with Crippen LogP contribution in [-0.4, -0.2) is 41.8 Å². The van der Waals surface area contributed by atoms with Crippen molar-refractivity contribution in [3.05, 3.63) is 71.8 Å². The zero-order valence-corrected chi connectivity index (χ0v) is 19.5. The summed E-state index contributed by atoms with van der Waals surface area (Å²) in [4.78, 5) is 36.5. The van der Waals surface area contributed by atoms with Crippen LogP contribution >= 0.6 is 0 Å². The number of carboxylic acid groups (broad SMARTS) is 1. The van der Waals surface area contributed by atoms with Gasteiger partial charge in [-0.3, -0.25) is 9.59 Å². The van der Waals surface area contributed by atoms with Crippen molar-refractivity contribution >= 4 is 18.0 Å². The van der Waals surface area contributed by atoms with Gasteiger partial charge in [0.2, 0.25) is 5.91 Å². The van der Waals surface area contributed by atoms with Gasteiger partial charge in [0.1, 0.15) is 6.61 Å². The van der Waals surface area contributed by atoms with E-state index in [1.807, 2.05) is 36.4 Å². The van der Waals surface area contributed by atoms with E-state index in [-0.39, 0.29) is 42.4 Å². The first-order valence-electron chi connectivity index (χ1n) is 12.3.